The van der Waals surface area contributed by atoms with Crippen molar-refractivity contribution in [2.75, 3.05) is 32.7 Å². The Morgan fingerprint density at radius 3 is 2.50 bits per heavy atom. The van der Waals surface area contributed by atoms with Crippen LogP contribution in [0.4, 0.5) is 0 Å². The van der Waals surface area contributed by atoms with E-state index >= 15 is 0 Å². The van der Waals surface area contributed by atoms with Gasteiger partial charge in [-0.1, -0.05) is 13.8 Å². The first-order valence-electron chi connectivity index (χ1n) is 6.85. The molecule has 0 aromatic carbocycles. The van der Waals surface area contributed by atoms with Gasteiger partial charge in [0.25, 0.3) is 0 Å². The molecule has 1 rings (SSSR count). The maximum Gasteiger partial charge on any atom is 0.223 e. The minimum atomic E-state index is -0.0147. The second-order valence-electron chi connectivity index (χ2n) is 5.16. The van der Waals surface area contributed by atoms with Crippen molar-refractivity contribution < 1.29 is 9.59 Å². The zero-order chi connectivity index (χ0) is 13.4. The van der Waals surface area contributed by atoms with Gasteiger partial charge in [-0.3, -0.25) is 9.59 Å². The molecule has 0 aromatic heterocycles. The summed E-state index contributed by atoms with van der Waals surface area (Å²) in [6, 6.07) is 0. The summed E-state index contributed by atoms with van der Waals surface area (Å²) in [5.41, 5.74) is 0. The van der Waals surface area contributed by atoms with Gasteiger partial charge in [0.2, 0.25) is 11.8 Å². The first kappa shape index (κ1) is 15.0. The Morgan fingerprint density at radius 1 is 1.22 bits per heavy atom. The summed E-state index contributed by atoms with van der Waals surface area (Å²) in [5, 5.41) is 6.05. The van der Waals surface area contributed by atoms with E-state index in [0.29, 0.717) is 25.3 Å². The van der Waals surface area contributed by atoms with Crippen molar-refractivity contribution in [2.45, 2.75) is 33.1 Å². The topological polar surface area (TPSA) is 61.4 Å². The summed E-state index contributed by atoms with van der Waals surface area (Å²) >= 11 is 0. The molecule has 0 aromatic rings. The van der Waals surface area contributed by atoms with Crippen molar-refractivity contribution >= 4 is 11.8 Å². The zero-order valence-corrected chi connectivity index (χ0v) is 11.5. The minimum Gasteiger partial charge on any atom is -0.356 e. The minimum absolute atomic E-state index is 0.0147. The smallest absolute Gasteiger partial charge is 0.223 e. The summed E-state index contributed by atoms with van der Waals surface area (Å²) in [5.74, 6) is 0.669. The van der Waals surface area contributed by atoms with Crippen LogP contribution in [-0.2, 0) is 9.59 Å². The monoisotopic (exact) mass is 255 g/mol. The molecule has 1 fully saturated rings. The Morgan fingerprint density at radius 2 is 1.89 bits per heavy atom. The van der Waals surface area contributed by atoms with Gasteiger partial charge in [-0.15, -0.1) is 0 Å². The highest BCUT2D eigenvalue weighted by atomic mass is 16.2. The Bertz CT molecular complexity index is 273. The second-order valence-corrected chi connectivity index (χ2v) is 5.16. The van der Waals surface area contributed by atoms with Gasteiger partial charge in [-0.25, -0.2) is 0 Å². The van der Waals surface area contributed by atoms with Crippen molar-refractivity contribution in [3.63, 3.8) is 0 Å². The first-order chi connectivity index (χ1) is 8.59. The highest BCUT2D eigenvalue weighted by molar-refractivity contribution is 5.83. The van der Waals surface area contributed by atoms with Crippen LogP contribution >= 0.6 is 0 Å². The average Bonchev–Trinajstić information content (AvgIpc) is 2.36. The fraction of sp³-hybridized carbons (Fsp3) is 0.846. The molecule has 2 amide bonds. The van der Waals surface area contributed by atoms with E-state index in [4.69, 9.17) is 0 Å². The van der Waals surface area contributed by atoms with Gasteiger partial charge in [-0.2, -0.15) is 0 Å². The van der Waals surface area contributed by atoms with Crippen LogP contribution in [0.5, 0.6) is 0 Å². The SMILES string of the molecule is CC(C)CCNC(=O)CCC(=O)N1CCNCC1. The van der Waals surface area contributed by atoms with Crippen LogP contribution in [0.25, 0.3) is 0 Å². The van der Waals surface area contributed by atoms with Gasteiger partial charge in [0.05, 0.1) is 0 Å². The van der Waals surface area contributed by atoms with Crippen molar-refractivity contribution in [3.05, 3.63) is 0 Å². The summed E-state index contributed by atoms with van der Waals surface area (Å²) in [7, 11) is 0. The number of hydrogen-bond acceptors (Lipinski definition) is 3. The number of nitrogens with one attached hydrogen (secondary N) is 2. The molecule has 5 nitrogen and oxygen atoms in total. The predicted octanol–water partition coefficient (Wildman–Crippen LogP) is 0.361. The Hall–Kier alpha value is -1.10. The third-order valence-corrected chi connectivity index (χ3v) is 3.08. The summed E-state index contributed by atoms with van der Waals surface area (Å²) < 4.78 is 0. The molecule has 5 heteroatoms. The van der Waals surface area contributed by atoms with Crippen molar-refractivity contribution in [2.24, 2.45) is 5.92 Å². The molecular weight excluding hydrogens is 230 g/mol. The molecule has 0 bridgehead atoms. The lowest BCUT2D eigenvalue weighted by Crippen LogP contribution is -2.46. The fourth-order valence-electron chi connectivity index (χ4n) is 1.88. The largest absolute Gasteiger partial charge is 0.356 e. The van der Waals surface area contributed by atoms with Gasteiger partial charge in [-0.05, 0) is 12.3 Å². The third-order valence-electron chi connectivity index (χ3n) is 3.08. The molecule has 0 unspecified atom stereocenters. The van der Waals surface area contributed by atoms with E-state index in [2.05, 4.69) is 24.5 Å². The molecule has 0 aliphatic carbocycles. The number of amides is 2. The highest BCUT2D eigenvalue weighted by Crippen LogP contribution is 2.01. The molecule has 104 valence electrons. The maximum absolute atomic E-state index is 11.8. The van der Waals surface area contributed by atoms with E-state index in [1.54, 1.807) is 0 Å². The zero-order valence-electron chi connectivity index (χ0n) is 11.5. The van der Waals surface area contributed by atoms with Crippen LogP contribution < -0.4 is 10.6 Å². The third kappa shape index (κ3) is 6.00. The van der Waals surface area contributed by atoms with Crippen LogP contribution in [0.3, 0.4) is 0 Å². The average molecular weight is 255 g/mol. The van der Waals surface area contributed by atoms with Gasteiger partial charge in [0, 0.05) is 45.6 Å². The van der Waals surface area contributed by atoms with Gasteiger partial charge >= 0.3 is 0 Å². The molecule has 1 saturated heterocycles. The lowest BCUT2D eigenvalue weighted by atomic mass is 10.1. The molecule has 0 spiro atoms. The predicted molar refractivity (Wildman–Crippen MR) is 71.1 cm³/mol. The number of rotatable bonds is 6. The summed E-state index contributed by atoms with van der Waals surface area (Å²) in [6.45, 7) is 8.18. The van der Waals surface area contributed by atoms with Crippen LogP contribution in [0.15, 0.2) is 0 Å². The second kappa shape index (κ2) is 8.08. The van der Waals surface area contributed by atoms with E-state index in [0.717, 1.165) is 32.6 Å². The lowest BCUT2D eigenvalue weighted by Gasteiger charge is -2.27. The van der Waals surface area contributed by atoms with Gasteiger partial charge < -0.3 is 15.5 Å². The van der Waals surface area contributed by atoms with E-state index in [9.17, 15) is 9.59 Å². The lowest BCUT2D eigenvalue weighted by molar-refractivity contribution is -0.134. The normalized spacial score (nSPS) is 15.8. The van der Waals surface area contributed by atoms with Crippen molar-refractivity contribution in [1.82, 2.24) is 15.5 Å². The highest BCUT2D eigenvalue weighted by Gasteiger charge is 2.16. The molecular formula is C13H25N3O2. The number of carbonyl (C=O) groups excluding carboxylic acids is 2. The van der Waals surface area contributed by atoms with Gasteiger partial charge in [0.1, 0.15) is 0 Å². The fourth-order valence-corrected chi connectivity index (χ4v) is 1.88. The Balaban J connectivity index is 2.11. The van der Waals surface area contributed by atoms with E-state index in [1.165, 1.54) is 0 Å². The van der Waals surface area contributed by atoms with Crippen LogP contribution in [0.1, 0.15) is 33.1 Å². The van der Waals surface area contributed by atoms with Crippen LogP contribution in [0.2, 0.25) is 0 Å². The number of piperazine rings is 1. The quantitative estimate of drug-likeness (QED) is 0.720. The summed E-state index contributed by atoms with van der Waals surface area (Å²) in [6.07, 6.45) is 1.62. The van der Waals surface area contributed by atoms with E-state index < -0.39 is 0 Å². The van der Waals surface area contributed by atoms with E-state index in [-0.39, 0.29) is 11.8 Å². The number of nitrogens with zero attached hydrogens (tertiary/aromatic N) is 1. The van der Waals surface area contributed by atoms with Gasteiger partial charge in [0.15, 0.2) is 0 Å². The molecule has 1 heterocycles. The maximum atomic E-state index is 11.8. The molecule has 1 aliphatic rings. The van der Waals surface area contributed by atoms with Crippen molar-refractivity contribution in [1.29, 1.82) is 0 Å². The number of hydrogen-bond donors (Lipinski definition) is 2. The molecule has 0 saturated carbocycles. The molecule has 1 aliphatic heterocycles. The first-order valence-corrected chi connectivity index (χ1v) is 6.85. The molecule has 0 radical (unpaired) electrons. The summed E-state index contributed by atoms with van der Waals surface area (Å²) in [4.78, 5) is 25.2. The Kier molecular flexibility index (Phi) is 6.72. The standard InChI is InChI=1S/C13H25N3O2/c1-11(2)5-6-15-12(17)3-4-13(18)16-9-7-14-8-10-16/h11,14H,3-10H2,1-2H3,(H,15,17). The van der Waals surface area contributed by atoms with E-state index in [1.807, 2.05) is 4.90 Å². The molecule has 0 atom stereocenters. The van der Waals surface area contributed by atoms with Crippen LogP contribution in [-0.4, -0.2) is 49.4 Å². The molecule has 18 heavy (non-hydrogen) atoms. The van der Waals surface area contributed by atoms with Crippen LogP contribution in [0, 0.1) is 5.92 Å². The van der Waals surface area contributed by atoms with Crippen molar-refractivity contribution in [3.8, 4) is 0 Å². The number of carbonyl (C=O) groups is 2. The molecule has 2 N–H and O–H groups in total. The Labute approximate surface area is 109 Å².